The maximum atomic E-state index is 12.9. The number of aromatic carboxylic acids is 1. The van der Waals surface area contributed by atoms with Crippen LogP contribution in [0.4, 0.5) is 16.2 Å². The van der Waals surface area contributed by atoms with Crippen molar-refractivity contribution in [1.29, 1.82) is 0 Å². The predicted octanol–water partition coefficient (Wildman–Crippen LogP) is 6.97. The van der Waals surface area contributed by atoms with Crippen LogP contribution in [0.3, 0.4) is 0 Å². The van der Waals surface area contributed by atoms with Gasteiger partial charge in [-0.25, -0.2) is 9.59 Å². The van der Waals surface area contributed by atoms with Crippen LogP contribution in [0.1, 0.15) is 48.5 Å². The fourth-order valence-electron chi connectivity index (χ4n) is 4.57. The Balaban J connectivity index is 1.67. The van der Waals surface area contributed by atoms with Gasteiger partial charge in [0.1, 0.15) is 23.2 Å². The second kappa shape index (κ2) is 11.2. The fourth-order valence-corrected chi connectivity index (χ4v) is 4.57. The molecule has 2 amide bonds. The van der Waals surface area contributed by atoms with E-state index in [2.05, 4.69) is 17.6 Å². The fraction of sp³-hybridized carbons (Fsp3) is 0.310. The number of nitrogens with one attached hydrogen (secondary N) is 2. The van der Waals surface area contributed by atoms with Crippen LogP contribution in [-0.2, 0) is 0 Å². The standard InChI is InChI=1S/C29H32N2O5/c1-18-8-4-6-10-23(18)30-29(34)31-24-17-21(20-12-14-26(35-3)22(16-20)28(32)33)13-15-27(24)36-25-11-7-5-9-19(25)2/h4,6,8,10,12-17,19,25H,5,7,9,11H2,1-3H3,(H,32,33)(H2,30,31,34). The quantitative estimate of drug-likeness (QED) is 0.334. The van der Waals surface area contributed by atoms with Gasteiger partial charge in [0.25, 0.3) is 0 Å². The first-order valence-electron chi connectivity index (χ1n) is 12.2. The summed E-state index contributed by atoms with van der Waals surface area (Å²) in [4.78, 5) is 24.7. The number of amides is 2. The summed E-state index contributed by atoms with van der Waals surface area (Å²) < 4.78 is 11.6. The van der Waals surface area contributed by atoms with E-state index >= 15 is 0 Å². The molecule has 0 aliphatic heterocycles. The SMILES string of the molecule is COc1ccc(-c2ccc(OC3CCCCC3C)c(NC(=O)Nc3ccccc3C)c2)cc1C(=O)O. The zero-order valence-electron chi connectivity index (χ0n) is 20.8. The van der Waals surface area contributed by atoms with E-state index in [0.29, 0.717) is 22.9 Å². The maximum absolute atomic E-state index is 12.9. The minimum atomic E-state index is -1.07. The van der Waals surface area contributed by atoms with Gasteiger partial charge in [0.2, 0.25) is 0 Å². The number of para-hydroxylation sites is 1. The molecule has 7 heteroatoms. The number of aryl methyl sites for hydroxylation is 1. The monoisotopic (exact) mass is 488 g/mol. The second-order valence-corrected chi connectivity index (χ2v) is 9.24. The third-order valence-corrected chi connectivity index (χ3v) is 6.70. The van der Waals surface area contributed by atoms with Gasteiger partial charge in [0, 0.05) is 5.69 Å². The number of carboxylic acids is 1. The number of ether oxygens (including phenoxy) is 2. The number of urea groups is 1. The molecule has 2 unspecified atom stereocenters. The third-order valence-electron chi connectivity index (χ3n) is 6.70. The Morgan fingerprint density at radius 2 is 1.56 bits per heavy atom. The van der Waals surface area contributed by atoms with Crippen LogP contribution in [-0.4, -0.2) is 30.3 Å². The highest BCUT2D eigenvalue weighted by atomic mass is 16.5. The zero-order chi connectivity index (χ0) is 25.7. The highest BCUT2D eigenvalue weighted by Gasteiger charge is 2.24. The summed E-state index contributed by atoms with van der Waals surface area (Å²) in [7, 11) is 1.44. The van der Waals surface area contributed by atoms with Crippen LogP contribution >= 0.6 is 0 Å². The third kappa shape index (κ3) is 5.79. The number of anilines is 2. The van der Waals surface area contributed by atoms with Crippen molar-refractivity contribution in [3.8, 4) is 22.6 Å². The van der Waals surface area contributed by atoms with Crippen LogP contribution in [0, 0.1) is 12.8 Å². The van der Waals surface area contributed by atoms with E-state index in [1.165, 1.54) is 13.5 Å². The average Bonchev–Trinajstić information content (AvgIpc) is 2.87. The molecule has 0 aromatic heterocycles. The average molecular weight is 489 g/mol. The molecular weight excluding hydrogens is 456 g/mol. The molecule has 1 fully saturated rings. The van der Waals surface area contributed by atoms with Gasteiger partial charge >= 0.3 is 12.0 Å². The summed E-state index contributed by atoms with van der Waals surface area (Å²) in [6, 6.07) is 17.7. The normalized spacial score (nSPS) is 17.2. The van der Waals surface area contributed by atoms with Crippen molar-refractivity contribution in [3.63, 3.8) is 0 Å². The lowest BCUT2D eigenvalue weighted by atomic mass is 9.88. The van der Waals surface area contributed by atoms with Crippen LogP contribution in [0.15, 0.2) is 60.7 Å². The summed E-state index contributed by atoms with van der Waals surface area (Å²) in [5.41, 5.74) is 3.69. The van der Waals surface area contributed by atoms with Gasteiger partial charge < -0.3 is 25.2 Å². The van der Waals surface area contributed by atoms with E-state index in [-0.39, 0.29) is 23.4 Å². The van der Waals surface area contributed by atoms with Gasteiger partial charge in [0.05, 0.1) is 12.8 Å². The van der Waals surface area contributed by atoms with Gasteiger partial charge in [-0.05, 0) is 79.1 Å². The Kier molecular flexibility index (Phi) is 7.78. The lowest BCUT2D eigenvalue weighted by Gasteiger charge is -2.30. The summed E-state index contributed by atoms with van der Waals surface area (Å²) in [5.74, 6) is 0.223. The molecule has 0 spiro atoms. The Morgan fingerprint density at radius 1 is 0.889 bits per heavy atom. The molecular formula is C29H32N2O5. The summed E-state index contributed by atoms with van der Waals surface area (Å²) in [5, 5.41) is 15.4. The van der Waals surface area contributed by atoms with Crippen molar-refractivity contribution >= 4 is 23.4 Å². The molecule has 1 saturated carbocycles. The van der Waals surface area contributed by atoms with E-state index in [1.54, 1.807) is 18.2 Å². The Bertz CT molecular complexity index is 1260. The molecule has 3 aromatic carbocycles. The molecule has 4 rings (SSSR count). The van der Waals surface area contributed by atoms with E-state index in [0.717, 1.165) is 36.1 Å². The molecule has 0 radical (unpaired) electrons. The van der Waals surface area contributed by atoms with Crippen molar-refractivity contribution in [1.82, 2.24) is 0 Å². The van der Waals surface area contributed by atoms with Crippen molar-refractivity contribution in [2.45, 2.75) is 45.6 Å². The number of rotatable bonds is 7. The summed E-state index contributed by atoms with van der Waals surface area (Å²) in [6.07, 6.45) is 4.48. The number of benzene rings is 3. The minimum absolute atomic E-state index is 0.0677. The van der Waals surface area contributed by atoms with Gasteiger partial charge in [-0.15, -0.1) is 0 Å². The Labute approximate surface area is 211 Å². The molecule has 0 saturated heterocycles. The minimum Gasteiger partial charge on any atom is -0.496 e. The number of carbonyl (C=O) groups is 2. The summed E-state index contributed by atoms with van der Waals surface area (Å²) >= 11 is 0. The molecule has 1 aliphatic rings. The largest absolute Gasteiger partial charge is 0.496 e. The van der Waals surface area contributed by atoms with E-state index in [4.69, 9.17) is 9.47 Å². The molecule has 0 bridgehead atoms. The topological polar surface area (TPSA) is 96.9 Å². The lowest BCUT2D eigenvalue weighted by molar-refractivity contribution is 0.0693. The van der Waals surface area contributed by atoms with Crippen molar-refractivity contribution < 1.29 is 24.2 Å². The van der Waals surface area contributed by atoms with Crippen molar-refractivity contribution in [2.75, 3.05) is 17.7 Å². The van der Waals surface area contributed by atoms with Crippen LogP contribution in [0.2, 0.25) is 0 Å². The van der Waals surface area contributed by atoms with E-state index in [1.807, 2.05) is 49.4 Å². The first kappa shape index (κ1) is 25.1. The Morgan fingerprint density at radius 3 is 2.25 bits per heavy atom. The molecule has 36 heavy (non-hydrogen) atoms. The number of hydrogen-bond acceptors (Lipinski definition) is 4. The molecule has 3 aromatic rings. The van der Waals surface area contributed by atoms with Crippen LogP contribution in [0.5, 0.6) is 11.5 Å². The highest BCUT2D eigenvalue weighted by Crippen LogP contribution is 2.36. The van der Waals surface area contributed by atoms with E-state index in [9.17, 15) is 14.7 Å². The predicted molar refractivity (Wildman–Crippen MR) is 141 cm³/mol. The molecule has 188 valence electrons. The lowest BCUT2D eigenvalue weighted by Crippen LogP contribution is -2.29. The van der Waals surface area contributed by atoms with Crippen molar-refractivity contribution in [3.05, 3.63) is 71.8 Å². The molecule has 7 nitrogen and oxygen atoms in total. The molecule has 2 atom stereocenters. The van der Waals surface area contributed by atoms with Crippen molar-refractivity contribution in [2.24, 2.45) is 5.92 Å². The number of carbonyl (C=O) groups excluding carboxylic acids is 1. The smallest absolute Gasteiger partial charge is 0.339 e. The summed E-state index contributed by atoms with van der Waals surface area (Å²) in [6.45, 7) is 4.12. The van der Waals surface area contributed by atoms with Gasteiger partial charge in [-0.1, -0.05) is 43.7 Å². The molecule has 0 heterocycles. The second-order valence-electron chi connectivity index (χ2n) is 9.24. The van der Waals surface area contributed by atoms with Crippen LogP contribution < -0.4 is 20.1 Å². The number of hydrogen-bond donors (Lipinski definition) is 3. The van der Waals surface area contributed by atoms with Crippen LogP contribution in [0.25, 0.3) is 11.1 Å². The van der Waals surface area contributed by atoms with Gasteiger partial charge in [-0.3, -0.25) is 0 Å². The number of methoxy groups -OCH3 is 1. The molecule has 3 N–H and O–H groups in total. The first-order valence-corrected chi connectivity index (χ1v) is 12.2. The molecule has 1 aliphatic carbocycles. The Hall–Kier alpha value is -4.00. The first-order chi connectivity index (χ1) is 17.4. The maximum Gasteiger partial charge on any atom is 0.339 e. The van der Waals surface area contributed by atoms with Gasteiger partial charge in [0.15, 0.2) is 0 Å². The zero-order valence-corrected chi connectivity index (χ0v) is 20.8. The highest BCUT2D eigenvalue weighted by molar-refractivity contribution is 6.01. The number of carboxylic acid groups (broad SMARTS) is 1. The van der Waals surface area contributed by atoms with E-state index < -0.39 is 5.97 Å². The van der Waals surface area contributed by atoms with Gasteiger partial charge in [-0.2, -0.15) is 0 Å².